The van der Waals surface area contributed by atoms with Crippen LogP contribution in [-0.2, 0) is 14.4 Å². The zero-order valence-electron chi connectivity index (χ0n) is 44.3. The molecule has 4 aromatic rings. The first kappa shape index (κ1) is 54.6. The number of aryl methyl sites for hydroxylation is 1. The highest BCUT2D eigenvalue weighted by atomic mass is 35.5. The number of aliphatic hydroxyl groups excluding tert-OH is 1. The molecule has 74 heavy (non-hydrogen) atoms. The minimum absolute atomic E-state index is 0.0155. The first-order valence-electron chi connectivity index (χ1n) is 25.9. The number of aliphatic hydroxyl groups is 1. The Morgan fingerprint density at radius 2 is 1.62 bits per heavy atom. The number of ether oxygens (including phenoxy) is 1. The van der Waals surface area contributed by atoms with Gasteiger partial charge in [0.05, 0.1) is 50.9 Å². The van der Waals surface area contributed by atoms with E-state index in [0.717, 1.165) is 86.2 Å². The molecule has 5 heterocycles. The number of anilines is 1. The Morgan fingerprint density at radius 1 is 0.932 bits per heavy atom. The Hall–Kier alpha value is -5.64. The number of hydrogen-bond acceptors (Lipinski definition) is 13. The van der Waals surface area contributed by atoms with Gasteiger partial charge in [0.2, 0.25) is 17.7 Å². The molecule has 3 aliphatic heterocycles. The van der Waals surface area contributed by atoms with Crippen LogP contribution in [0.4, 0.5) is 5.82 Å². The average molecular weight is 1050 g/mol. The summed E-state index contributed by atoms with van der Waals surface area (Å²) >= 11 is 7.85. The van der Waals surface area contributed by atoms with Gasteiger partial charge in [-0.2, -0.15) is 5.26 Å². The second-order valence-corrected chi connectivity index (χ2v) is 24.4. The zero-order chi connectivity index (χ0) is 53.3. The molecule has 8 rings (SSSR count). The maximum atomic E-state index is 14.3. The SMILES string of the molecule is Cc1ncsc1-c1ccc([C@H](C)NC(=O)[C@@H]2C[C@@H](O)CN2C(=O)[C@@H](NC(=O)CN2CCC(CN3CCN(c4ccc(C(=O)N[C@H]5C(C)(C)[C@H](Oc6ccc(C#N)c(Cl)c6)C5(C)C)cn4)CC3)CC2)C(C)(C)C)cc1. The summed E-state index contributed by atoms with van der Waals surface area (Å²) in [5, 5.41) is 29.7. The van der Waals surface area contributed by atoms with Crippen molar-refractivity contribution < 1.29 is 29.0 Å². The summed E-state index contributed by atoms with van der Waals surface area (Å²) in [6.07, 6.45) is 2.64. The van der Waals surface area contributed by atoms with Crippen molar-refractivity contribution in [3.05, 3.63) is 93.7 Å². The Kier molecular flexibility index (Phi) is 16.5. The van der Waals surface area contributed by atoms with Gasteiger partial charge < -0.3 is 35.6 Å². The number of carbonyl (C=O) groups excluding carboxylic acids is 4. The summed E-state index contributed by atoms with van der Waals surface area (Å²) < 4.78 is 6.39. The van der Waals surface area contributed by atoms with Crippen molar-refractivity contribution in [3.63, 3.8) is 0 Å². The highest BCUT2D eigenvalue weighted by Crippen LogP contribution is 2.55. The number of rotatable bonds is 15. The lowest BCUT2D eigenvalue weighted by atomic mass is 9.49. The number of aromatic nitrogens is 2. The lowest BCUT2D eigenvalue weighted by Crippen LogP contribution is -2.74. The van der Waals surface area contributed by atoms with E-state index >= 15 is 0 Å². The molecule has 4 N–H and O–H groups in total. The predicted molar refractivity (Wildman–Crippen MR) is 288 cm³/mol. The lowest BCUT2D eigenvalue weighted by Gasteiger charge is -2.63. The van der Waals surface area contributed by atoms with E-state index in [1.54, 1.807) is 35.7 Å². The van der Waals surface area contributed by atoms with Crippen LogP contribution in [0.15, 0.2) is 66.3 Å². The molecule has 2 aromatic carbocycles. The van der Waals surface area contributed by atoms with E-state index in [0.29, 0.717) is 27.8 Å². The summed E-state index contributed by atoms with van der Waals surface area (Å²) in [6.45, 7) is 24.1. The van der Waals surface area contributed by atoms with Gasteiger partial charge in [0.15, 0.2) is 0 Å². The molecule has 4 atom stereocenters. The molecule has 4 fully saturated rings. The fraction of sp³-hybridized carbons (Fsp3) is 0.554. The van der Waals surface area contributed by atoms with Gasteiger partial charge in [-0.25, -0.2) is 9.97 Å². The Balaban J connectivity index is 0.758. The number of nitrogens with one attached hydrogen (secondary N) is 3. The van der Waals surface area contributed by atoms with Crippen LogP contribution in [0.2, 0.25) is 5.02 Å². The summed E-state index contributed by atoms with van der Waals surface area (Å²) in [6, 6.07) is 16.7. The average Bonchev–Trinajstić information content (AvgIpc) is 3.99. The van der Waals surface area contributed by atoms with E-state index < -0.39 is 23.6 Å². The molecular formula is C56H73ClN10O6S. The molecule has 396 valence electrons. The number of carbonyl (C=O) groups is 4. The first-order valence-corrected chi connectivity index (χ1v) is 27.2. The number of benzene rings is 2. The monoisotopic (exact) mass is 1050 g/mol. The molecule has 3 saturated heterocycles. The van der Waals surface area contributed by atoms with Crippen LogP contribution >= 0.6 is 22.9 Å². The van der Waals surface area contributed by atoms with E-state index in [9.17, 15) is 29.5 Å². The molecule has 18 heteroatoms. The van der Waals surface area contributed by atoms with Crippen LogP contribution in [0, 0.1) is 40.4 Å². The van der Waals surface area contributed by atoms with Crippen molar-refractivity contribution in [2.24, 2.45) is 22.2 Å². The summed E-state index contributed by atoms with van der Waals surface area (Å²) in [5.74, 6) is 0.799. The quantitative estimate of drug-likeness (QED) is 0.0968. The molecule has 4 aliphatic rings. The van der Waals surface area contributed by atoms with Crippen molar-refractivity contribution in [2.75, 3.05) is 63.8 Å². The fourth-order valence-corrected chi connectivity index (χ4v) is 12.8. The van der Waals surface area contributed by atoms with Crippen LogP contribution in [0.3, 0.4) is 0 Å². The van der Waals surface area contributed by atoms with E-state index in [4.69, 9.17) is 21.3 Å². The number of piperazine rings is 1. The standard InChI is InChI=1S/C56H73ClN10O6S/c1-34(37-10-12-38(13-11-37)47-35(2)60-33-74-47)61-50(71)44-26-41(68)31-67(44)51(72)48(54(3,4)5)62-46(69)32-64-20-18-36(19-21-64)30-65-22-24-66(25-23-65)45-17-15-40(29-59-45)49(70)63-52-55(6,7)53(56(52,8)9)73-42-16-14-39(28-58)43(57)27-42/h10-17,27,29,33-34,36,41,44,48,52-53,68H,18-26,30-32H2,1-9H3,(H,61,71)(H,62,69)(H,63,70)/t34-,41+,44-,48+,52-,53-/m0/s1. The van der Waals surface area contributed by atoms with Crippen molar-refractivity contribution in [1.29, 1.82) is 5.26 Å². The van der Waals surface area contributed by atoms with Gasteiger partial charge in [-0.15, -0.1) is 11.3 Å². The molecule has 0 unspecified atom stereocenters. The number of β-amino-alcohol motifs (C(OH)–C–C–N with tert-alkyl or cyclic N) is 1. The van der Waals surface area contributed by atoms with Crippen LogP contribution in [-0.4, -0.2) is 143 Å². The maximum absolute atomic E-state index is 14.3. The number of nitrogens with zero attached hydrogens (tertiary/aromatic N) is 7. The normalized spacial score (nSPS) is 23.0. The molecule has 0 bridgehead atoms. The third kappa shape index (κ3) is 12.1. The van der Waals surface area contributed by atoms with Gasteiger partial charge in [0.1, 0.15) is 35.8 Å². The summed E-state index contributed by atoms with van der Waals surface area (Å²) in [7, 11) is 0. The molecule has 0 radical (unpaired) electrons. The second-order valence-electron chi connectivity index (χ2n) is 23.1. The predicted octanol–water partition coefficient (Wildman–Crippen LogP) is 6.85. The minimum Gasteiger partial charge on any atom is -0.489 e. The number of amides is 4. The van der Waals surface area contributed by atoms with Gasteiger partial charge >= 0.3 is 0 Å². The van der Waals surface area contributed by atoms with Crippen LogP contribution < -0.4 is 25.6 Å². The molecular weight excluding hydrogens is 976 g/mol. The van der Waals surface area contributed by atoms with E-state index in [1.807, 2.05) is 76.5 Å². The van der Waals surface area contributed by atoms with E-state index in [-0.39, 0.29) is 72.2 Å². The number of halogens is 1. The van der Waals surface area contributed by atoms with Gasteiger partial charge in [0, 0.05) is 74.8 Å². The maximum Gasteiger partial charge on any atom is 0.253 e. The van der Waals surface area contributed by atoms with Crippen molar-refractivity contribution in [1.82, 2.24) is 40.6 Å². The lowest BCUT2D eigenvalue weighted by molar-refractivity contribution is -0.164. The van der Waals surface area contributed by atoms with Crippen LogP contribution in [0.5, 0.6) is 5.75 Å². The molecule has 4 amide bonds. The smallest absolute Gasteiger partial charge is 0.253 e. The largest absolute Gasteiger partial charge is 0.489 e. The van der Waals surface area contributed by atoms with Gasteiger partial charge in [-0.3, -0.25) is 29.0 Å². The number of nitriles is 1. The topological polar surface area (TPSA) is 196 Å². The highest BCUT2D eigenvalue weighted by molar-refractivity contribution is 7.13. The number of likely N-dealkylation sites (tertiary alicyclic amines) is 2. The van der Waals surface area contributed by atoms with Gasteiger partial charge in [-0.05, 0) is 86.5 Å². The van der Waals surface area contributed by atoms with E-state index in [2.05, 4.69) is 69.4 Å². The zero-order valence-corrected chi connectivity index (χ0v) is 45.9. The third-order valence-electron chi connectivity index (χ3n) is 15.8. The van der Waals surface area contributed by atoms with Crippen LogP contribution in [0.1, 0.15) is 108 Å². The summed E-state index contributed by atoms with van der Waals surface area (Å²) in [5.41, 5.74) is 4.24. The number of hydrogen-bond donors (Lipinski definition) is 4. The van der Waals surface area contributed by atoms with E-state index in [1.165, 1.54) is 4.90 Å². The molecule has 1 saturated carbocycles. The number of pyridine rings is 1. The van der Waals surface area contributed by atoms with Crippen LogP contribution in [0.25, 0.3) is 10.4 Å². The first-order chi connectivity index (χ1) is 35.0. The minimum atomic E-state index is -0.893. The molecule has 16 nitrogen and oxygen atoms in total. The Morgan fingerprint density at radius 3 is 2.22 bits per heavy atom. The van der Waals surface area contributed by atoms with Crippen molar-refractivity contribution in [3.8, 4) is 22.3 Å². The molecule has 1 aliphatic carbocycles. The molecule has 0 spiro atoms. The fourth-order valence-electron chi connectivity index (χ4n) is 11.8. The van der Waals surface area contributed by atoms with Crippen molar-refractivity contribution >= 4 is 52.4 Å². The third-order valence-corrected chi connectivity index (χ3v) is 17.1. The van der Waals surface area contributed by atoms with Gasteiger partial charge in [-0.1, -0.05) is 84.3 Å². The highest BCUT2D eigenvalue weighted by Gasteiger charge is 2.64. The van der Waals surface area contributed by atoms with Crippen molar-refractivity contribution in [2.45, 2.75) is 118 Å². The van der Waals surface area contributed by atoms with Gasteiger partial charge in [0.25, 0.3) is 5.91 Å². The molecule has 2 aromatic heterocycles. The summed E-state index contributed by atoms with van der Waals surface area (Å²) in [4.78, 5) is 73.8. The Bertz CT molecular complexity index is 2690. The number of thiazole rings is 1. The Labute approximate surface area is 445 Å². The second kappa shape index (κ2) is 22.3. The number of piperidine rings is 1.